The molecule has 2 aromatic carbocycles. The van der Waals surface area contributed by atoms with E-state index in [0.717, 1.165) is 24.8 Å². The van der Waals surface area contributed by atoms with Gasteiger partial charge in [-0.15, -0.1) is 0 Å². The van der Waals surface area contributed by atoms with Crippen LogP contribution < -0.4 is 21.3 Å². The van der Waals surface area contributed by atoms with Gasteiger partial charge in [0.15, 0.2) is 6.04 Å². The standard InChI is InChI=1S/C39H49N5O11/c1-2-12-28(35(49)37(51)40-21-31(46)43-34(39(53)54)26-17-10-5-11-18-26)41-36(50)29-19-27(55-23-24-13-6-3-7-14-24)22-44(29)38(52)33(25-15-8-4-9-16-25)42-30(45)20-32(47)48/h3,5-7,10-11,13-14,17-18,25,27-29,33-34H,2,4,8-9,12,15-16,19-23H2,1H3,(H,40,51)(H,41,50)(H,42,45)(H,43,46)(H,47,48)(H,53,54)/t27-,28?,29+,33?,34?/m1/s1. The summed E-state index contributed by atoms with van der Waals surface area (Å²) in [4.78, 5) is 104. The number of aliphatic carboxylic acids is 2. The van der Waals surface area contributed by atoms with Crippen LogP contribution in [0.25, 0.3) is 0 Å². The van der Waals surface area contributed by atoms with Crippen LogP contribution in [0.2, 0.25) is 0 Å². The number of likely N-dealkylation sites (tertiary alicyclic amines) is 1. The highest BCUT2D eigenvalue weighted by Crippen LogP contribution is 2.30. The van der Waals surface area contributed by atoms with Crippen molar-refractivity contribution in [3.05, 3.63) is 71.8 Å². The quantitative estimate of drug-likeness (QED) is 0.0888. The van der Waals surface area contributed by atoms with Crippen molar-refractivity contribution in [2.24, 2.45) is 5.92 Å². The van der Waals surface area contributed by atoms with E-state index in [-0.39, 0.29) is 31.9 Å². The van der Waals surface area contributed by atoms with Gasteiger partial charge in [-0.1, -0.05) is 93.3 Å². The molecule has 0 spiro atoms. The number of benzene rings is 2. The monoisotopic (exact) mass is 763 g/mol. The molecule has 1 saturated heterocycles. The molecule has 6 N–H and O–H groups in total. The van der Waals surface area contributed by atoms with E-state index in [1.165, 1.54) is 17.0 Å². The number of amides is 5. The lowest BCUT2D eigenvalue weighted by atomic mass is 9.83. The Morgan fingerprint density at radius 2 is 1.49 bits per heavy atom. The Balaban J connectivity index is 1.48. The Bertz CT molecular complexity index is 1680. The molecule has 1 saturated carbocycles. The van der Waals surface area contributed by atoms with E-state index in [0.29, 0.717) is 24.8 Å². The largest absolute Gasteiger partial charge is 0.481 e. The normalized spacial score (nSPS) is 18.6. The molecular formula is C39H49N5O11. The van der Waals surface area contributed by atoms with Gasteiger partial charge in [0.25, 0.3) is 5.91 Å². The Morgan fingerprint density at radius 3 is 2.11 bits per heavy atom. The summed E-state index contributed by atoms with van der Waals surface area (Å²) in [6.45, 7) is 1.19. The molecule has 16 nitrogen and oxygen atoms in total. The summed E-state index contributed by atoms with van der Waals surface area (Å²) in [5, 5.41) is 28.5. The summed E-state index contributed by atoms with van der Waals surface area (Å²) in [6, 6.07) is 12.2. The smallest absolute Gasteiger partial charge is 0.330 e. The van der Waals surface area contributed by atoms with Crippen LogP contribution in [0.1, 0.15) is 81.9 Å². The predicted molar refractivity (Wildman–Crippen MR) is 196 cm³/mol. The number of carboxylic acid groups (broad SMARTS) is 2. The first-order valence-corrected chi connectivity index (χ1v) is 18.5. The van der Waals surface area contributed by atoms with E-state index in [4.69, 9.17) is 4.74 Å². The molecule has 296 valence electrons. The van der Waals surface area contributed by atoms with Crippen LogP contribution in [-0.4, -0.2) is 99.7 Å². The molecular weight excluding hydrogens is 714 g/mol. The van der Waals surface area contributed by atoms with Crippen LogP contribution in [0.15, 0.2) is 60.7 Å². The third-order valence-corrected chi connectivity index (χ3v) is 9.72. The first-order valence-electron chi connectivity index (χ1n) is 18.5. The molecule has 0 aromatic heterocycles. The third kappa shape index (κ3) is 12.5. The molecule has 2 aliphatic rings. The van der Waals surface area contributed by atoms with Crippen molar-refractivity contribution >= 4 is 47.3 Å². The summed E-state index contributed by atoms with van der Waals surface area (Å²) in [5.41, 5.74) is 1.16. The van der Waals surface area contributed by atoms with Crippen LogP contribution in [0, 0.1) is 5.92 Å². The van der Waals surface area contributed by atoms with Crippen LogP contribution in [-0.2, 0) is 49.7 Å². The minimum atomic E-state index is -1.39. The van der Waals surface area contributed by atoms with E-state index in [2.05, 4.69) is 21.3 Å². The van der Waals surface area contributed by atoms with Crippen molar-refractivity contribution in [3.8, 4) is 0 Å². The summed E-state index contributed by atoms with van der Waals surface area (Å²) in [7, 11) is 0. The fourth-order valence-electron chi connectivity index (χ4n) is 6.96. The van der Waals surface area contributed by atoms with Gasteiger partial charge in [-0.2, -0.15) is 0 Å². The molecule has 55 heavy (non-hydrogen) atoms. The third-order valence-electron chi connectivity index (χ3n) is 9.72. The molecule has 1 heterocycles. The number of ether oxygens (including phenoxy) is 1. The summed E-state index contributed by atoms with van der Waals surface area (Å²) >= 11 is 0. The Morgan fingerprint density at radius 1 is 0.836 bits per heavy atom. The number of ketones is 1. The average molecular weight is 764 g/mol. The summed E-state index contributed by atoms with van der Waals surface area (Å²) in [6.07, 6.45) is 2.82. The molecule has 5 atom stereocenters. The van der Waals surface area contributed by atoms with Crippen molar-refractivity contribution in [1.82, 2.24) is 26.2 Å². The number of Topliss-reactive ketones (excluding diaryl/α,β-unsaturated/α-hetero) is 1. The number of carbonyl (C=O) groups is 8. The van der Waals surface area contributed by atoms with Crippen LogP contribution in [0.5, 0.6) is 0 Å². The van der Waals surface area contributed by atoms with Gasteiger partial charge in [0.2, 0.25) is 29.4 Å². The van der Waals surface area contributed by atoms with Gasteiger partial charge in [0.1, 0.15) is 18.5 Å². The van der Waals surface area contributed by atoms with Gasteiger partial charge < -0.3 is 41.1 Å². The molecule has 0 radical (unpaired) electrons. The van der Waals surface area contributed by atoms with Crippen molar-refractivity contribution in [3.63, 3.8) is 0 Å². The summed E-state index contributed by atoms with van der Waals surface area (Å²) < 4.78 is 6.13. The lowest BCUT2D eigenvalue weighted by Gasteiger charge is -2.34. The van der Waals surface area contributed by atoms with E-state index in [1.807, 2.05) is 30.3 Å². The van der Waals surface area contributed by atoms with Crippen LogP contribution in [0.3, 0.4) is 0 Å². The van der Waals surface area contributed by atoms with Crippen LogP contribution in [0.4, 0.5) is 0 Å². The highest BCUT2D eigenvalue weighted by molar-refractivity contribution is 6.38. The zero-order chi connectivity index (χ0) is 39.9. The van der Waals surface area contributed by atoms with E-state index < -0.39 is 90.5 Å². The zero-order valence-corrected chi connectivity index (χ0v) is 30.7. The maximum Gasteiger partial charge on any atom is 0.330 e. The Hall–Kier alpha value is -5.64. The average Bonchev–Trinajstić information content (AvgIpc) is 3.62. The lowest BCUT2D eigenvalue weighted by Crippen LogP contribution is -2.58. The number of hydrogen-bond acceptors (Lipinski definition) is 9. The first-order chi connectivity index (χ1) is 26.4. The second-order valence-corrected chi connectivity index (χ2v) is 13.8. The van der Waals surface area contributed by atoms with E-state index in [1.54, 1.807) is 25.1 Å². The van der Waals surface area contributed by atoms with Gasteiger partial charge in [-0.25, -0.2) is 4.79 Å². The number of nitrogens with one attached hydrogen (secondary N) is 4. The maximum absolute atomic E-state index is 14.3. The molecule has 2 fully saturated rings. The molecule has 1 aliphatic carbocycles. The number of carbonyl (C=O) groups excluding carboxylic acids is 6. The van der Waals surface area contributed by atoms with Gasteiger partial charge in [0, 0.05) is 13.0 Å². The minimum Gasteiger partial charge on any atom is -0.481 e. The highest BCUT2D eigenvalue weighted by atomic mass is 16.5. The number of rotatable bonds is 19. The van der Waals surface area contributed by atoms with Crippen molar-refractivity contribution in [2.45, 2.75) is 102 Å². The topological polar surface area (TPSA) is 238 Å². The predicted octanol–water partition coefficient (Wildman–Crippen LogP) is 1.62. The van der Waals surface area contributed by atoms with Crippen molar-refractivity contribution < 1.29 is 53.3 Å². The van der Waals surface area contributed by atoms with Gasteiger partial charge in [0.05, 0.1) is 25.3 Å². The van der Waals surface area contributed by atoms with Gasteiger partial charge >= 0.3 is 11.9 Å². The fourth-order valence-corrected chi connectivity index (χ4v) is 6.96. The molecule has 0 bridgehead atoms. The van der Waals surface area contributed by atoms with Crippen LogP contribution >= 0.6 is 0 Å². The van der Waals surface area contributed by atoms with Crippen molar-refractivity contribution in [2.75, 3.05) is 13.1 Å². The number of nitrogens with zero attached hydrogens (tertiary/aromatic N) is 1. The minimum absolute atomic E-state index is 0.0237. The molecule has 16 heteroatoms. The second kappa shape index (κ2) is 20.7. The fraction of sp³-hybridized carbons (Fsp3) is 0.487. The number of carboxylic acids is 2. The molecule has 1 aliphatic heterocycles. The Labute approximate surface area is 318 Å². The molecule has 3 unspecified atom stereocenters. The highest BCUT2D eigenvalue weighted by Gasteiger charge is 2.45. The first kappa shape index (κ1) is 42.1. The second-order valence-electron chi connectivity index (χ2n) is 13.8. The SMILES string of the molecule is CCCC(NC(=O)[C@@H]1C[C@@H](OCc2ccccc2)CN1C(=O)C(NC(=O)CC(=O)O)C1CCCCC1)C(=O)C(=O)NCC(=O)NC(C(=O)O)c1ccccc1. The Kier molecular flexibility index (Phi) is 15.9. The van der Waals surface area contributed by atoms with Gasteiger partial charge in [-0.3, -0.25) is 33.6 Å². The molecule has 4 rings (SSSR count). The maximum atomic E-state index is 14.3. The van der Waals surface area contributed by atoms with Gasteiger partial charge in [-0.05, 0) is 36.3 Å². The molecule has 5 amide bonds. The lowest BCUT2D eigenvalue weighted by molar-refractivity contribution is -0.146. The zero-order valence-electron chi connectivity index (χ0n) is 30.7. The van der Waals surface area contributed by atoms with E-state index in [9.17, 15) is 48.6 Å². The number of hydrogen-bond donors (Lipinski definition) is 6. The molecule has 2 aromatic rings. The summed E-state index contributed by atoms with van der Waals surface area (Å²) in [5.74, 6) is -8.20. The van der Waals surface area contributed by atoms with Crippen molar-refractivity contribution in [1.29, 1.82) is 0 Å². The van der Waals surface area contributed by atoms with E-state index >= 15 is 0 Å².